The number of carbonyl (C=O) groups is 2. The molecule has 2 amide bonds. The summed E-state index contributed by atoms with van der Waals surface area (Å²) in [7, 11) is -3.55. The van der Waals surface area contributed by atoms with Gasteiger partial charge in [-0.15, -0.1) is 0 Å². The van der Waals surface area contributed by atoms with E-state index >= 15 is 0 Å². The molecule has 2 rings (SSSR count). The van der Waals surface area contributed by atoms with Gasteiger partial charge in [-0.25, -0.2) is 8.42 Å². The van der Waals surface area contributed by atoms with E-state index in [2.05, 4.69) is 10.6 Å². The van der Waals surface area contributed by atoms with E-state index < -0.39 is 16.1 Å². The van der Waals surface area contributed by atoms with Gasteiger partial charge in [-0.2, -0.15) is 4.31 Å². The van der Waals surface area contributed by atoms with Crippen LogP contribution in [0.5, 0.6) is 0 Å². The molecule has 8 nitrogen and oxygen atoms in total. The first kappa shape index (κ1) is 23.3. The molecule has 0 unspecified atom stereocenters. The number of carbonyl (C=O) groups excluding carboxylic acids is 2. The van der Waals surface area contributed by atoms with Crippen LogP contribution in [0.2, 0.25) is 0 Å². The van der Waals surface area contributed by atoms with Gasteiger partial charge in [-0.05, 0) is 38.8 Å². The smallest absolute Gasteiger partial charge is 0.243 e. The van der Waals surface area contributed by atoms with Crippen molar-refractivity contribution in [1.82, 2.24) is 19.8 Å². The summed E-state index contributed by atoms with van der Waals surface area (Å²) in [6, 6.07) is 4.73. The number of nitrogens with one attached hydrogen (secondary N) is 2. The first-order chi connectivity index (χ1) is 13.6. The second-order valence-electron chi connectivity index (χ2n) is 7.53. The predicted molar refractivity (Wildman–Crippen MR) is 112 cm³/mol. The van der Waals surface area contributed by atoms with Crippen LogP contribution >= 0.6 is 0 Å². The topological polar surface area (TPSA) is 98.8 Å². The van der Waals surface area contributed by atoms with Gasteiger partial charge in [0.2, 0.25) is 21.8 Å². The highest BCUT2D eigenvalue weighted by molar-refractivity contribution is 7.89. The zero-order chi connectivity index (χ0) is 21.6. The predicted octanol–water partition coefficient (Wildman–Crippen LogP) is 0.641. The maximum atomic E-state index is 12.9. The van der Waals surface area contributed by atoms with Crippen molar-refractivity contribution >= 4 is 21.8 Å². The molecule has 1 fully saturated rings. The van der Waals surface area contributed by atoms with Crippen LogP contribution in [0, 0.1) is 13.8 Å². The van der Waals surface area contributed by atoms with E-state index in [4.69, 9.17) is 0 Å². The summed E-state index contributed by atoms with van der Waals surface area (Å²) >= 11 is 0. The third kappa shape index (κ3) is 6.25. The summed E-state index contributed by atoms with van der Waals surface area (Å²) in [5.74, 6) is -0.445. The Kier molecular flexibility index (Phi) is 8.18. The van der Waals surface area contributed by atoms with Crippen molar-refractivity contribution in [3.05, 3.63) is 29.3 Å². The van der Waals surface area contributed by atoms with Crippen LogP contribution < -0.4 is 10.6 Å². The molecule has 0 saturated carbocycles. The number of benzene rings is 1. The minimum Gasteiger partial charge on any atom is -0.354 e. The number of hydrogen-bond donors (Lipinski definition) is 2. The molecular formula is C20H32N4O4S. The molecule has 1 aromatic carbocycles. The van der Waals surface area contributed by atoms with Crippen molar-refractivity contribution in [1.29, 1.82) is 0 Å². The van der Waals surface area contributed by atoms with Crippen LogP contribution in [-0.4, -0.2) is 74.7 Å². The second-order valence-corrected chi connectivity index (χ2v) is 9.44. The van der Waals surface area contributed by atoms with E-state index in [-0.39, 0.29) is 18.4 Å². The van der Waals surface area contributed by atoms with Crippen molar-refractivity contribution in [2.45, 2.75) is 45.1 Å². The molecule has 29 heavy (non-hydrogen) atoms. The van der Waals surface area contributed by atoms with E-state index in [1.165, 1.54) is 4.31 Å². The second kappa shape index (κ2) is 10.2. The van der Waals surface area contributed by atoms with Crippen LogP contribution in [0.3, 0.4) is 0 Å². The van der Waals surface area contributed by atoms with Crippen molar-refractivity contribution in [2.24, 2.45) is 0 Å². The van der Waals surface area contributed by atoms with E-state index in [1.54, 1.807) is 26.0 Å². The minimum atomic E-state index is -3.55. The fourth-order valence-corrected chi connectivity index (χ4v) is 4.94. The lowest BCUT2D eigenvalue weighted by Gasteiger charge is -2.34. The van der Waals surface area contributed by atoms with Gasteiger partial charge < -0.3 is 10.6 Å². The molecule has 1 atom stereocenters. The van der Waals surface area contributed by atoms with Gasteiger partial charge in [0.15, 0.2) is 0 Å². The van der Waals surface area contributed by atoms with Crippen molar-refractivity contribution in [3.63, 3.8) is 0 Å². The molecule has 1 saturated heterocycles. The molecule has 0 aliphatic carbocycles. The first-order valence-corrected chi connectivity index (χ1v) is 11.5. The Bertz CT molecular complexity index is 833. The van der Waals surface area contributed by atoms with E-state index in [1.807, 2.05) is 24.8 Å². The Morgan fingerprint density at radius 2 is 1.79 bits per heavy atom. The molecule has 1 aromatic rings. The highest BCUT2D eigenvalue weighted by atomic mass is 32.2. The molecule has 0 aromatic heterocycles. The fourth-order valence-electron chi connectivity index (χ4n) is 3.31. The third-order valence-corrected chi connectivity index (χ3v) is 7.03. The summed E-state index contributed by atoms with van der Waals surface area (Å²) in [5, 5.41) is 5.44. The molecule has 1 aliphatic heterocycles. The maximum Gasteiger partial charge on any atom is 0.243 e. The quantitative estimate of drug-likeness (QED) is 0.638. The van der Waals surface area contributed by atoms with Gasteiger partial charge in [0.05, 0.1) is 11.4 Å². The summed E-state index contributed by atoms with van der Waals surface area (Å²) in [5.41, 5.74) is 1.76. The zero-order valence-corrected chi connectivity index (χ0v) is 18.5. The molecule has 2 N–H and O–H groups in total. The molecule has 0 spiro atoms. The molecule has 1 aliphatic rings. The van der Waals surface area contributed by atoms with Crippen LogP contribution in [0.15, 0.2) is 23.1 Å². The largest absolute Gasteiger partial charge is 0.354 e. The van der Waals surface area contributed by atoms with Gasteiger partial charge in [0.25, 0.3) is 0 Å². The highest BCUT2D eigenvalue weighted by Gasteiger charge is 2.30. The summed E-state index contributed by atoms with van der Waals surface area (Å²) in [4.78, 5) is 26.3. The van der Waals surface area contributed by atoms with Gasteiger partial charge in [-0.3, -0.25) is 14.5 Å². The number of aryl methyl sites for hydroxylation is 2. The standard InChI is InChI=1S/C20H32N4O4S/c1-5-8-21-20(26)17(4)22-19(25)14-23-9-11-24(12-10-23)29(27,28)18-7-6-15(2)13-16(18)3/h6-7,13,17H,5,8-12,14H2,1-4H3,(H,21,26)(H,22,25)/t17-/m0/s1. The van der Waals surface area contributed by atoms with E-state index in [0.717, 1.165) is 17.5 Å². The highest BCUT2D eigenvalue weighted by Crippen LogP contribution is 2.22. The van der Waals surface area contributed by atoms with Crippen LogP contribution in [0.4, 0.5) is 0 Å². The van der Waals surface area contributed by atoms with Crippen LogP contribution in [-0.2, 0) is 19.6 Å². The van der Waals surface area contributed by atoms with Gasteiger partial charge >= 0.3 is 0 Å². The van der Waals surface area contributed by atoms with Crippen molar-refractivity contribution in [3.8, 4) is 0 Å². The number of hydrogen-bond acceptors (Lipinski definition) is 5. The van der Waals surface area contributed by atoms with E-state index in [0.29, 0.717) is 37.6 Å². The lowest BCUT2D eigenvalue weighted by molar-refractivity contribution is -0.129. The monoisotopic (exact) mass is 424 g/mol. The Morgan fingerprint density at radius 3 is 2.38 bits per heavy atom. The number of rotatable bonds is 8. The third-order valence-electron chi connectivity index (χ3n) is 4.97. The number of nitrogens with zero attached hydrogens (tertiary/aromatic N) is 2. The average molecular weight is 425 g/mol. The van der Waals surface area contributed by atoms with Crippen molar-refractivity contribution < 1.29 is 18.0 Å². The van der Waals surface area contributed by atoms with Crippen LogP contribution in [0.1, 0.15) is 31.4 Å². The normalized spacial score (nSPS) is 17.0. The fraction of sp³-hybridized carbons (Fsp3) is 0.600. The van der Waals surface area contributed by atoms with Crippen LogP contribution in [0.25, 0.3) is 0 Å². The maximum absolute atomic E-state index is 12.9. The molecule has 1 heterocycles. The summed E-state index contributed by atoms with van der Waals surface area (Å²) in [6.07, 6.45) is 0.835. The first-order valence-electron chi connectivity index (χ1n) is 10.0. The Balaban J connectivity index is 1.87. The zero-order valence-electron chi connectivity index (χ0n) is 17.7. The summed E-state index contributed by atoms with van der Waals surface area (Å²) < 4.78 is 27.3. The van der Waals surface area contributed by atoms with Crippen molar-refractivity contribution in [2.75, 3.05) is 39.3 Å². The van der Waals surface area contributed by atoms with Gasteiger partial charge in [-0.1, -0.05) is 24.6 Å². The Labute approximate surface area is 173 Å². The number of amides is 2. The Hall–Kier alpha value is -1.97. The lowest BCUT2D eigenvalue weighted by Crippen LogP contribution is -2.53. The SMILES string of the molecule is CCCNC(=O)[C@H](C)NC(=O)CN1CCN(S(=O)(=O)c2ccc(C)cc2C)CC1. The average Bonchev–Trinajstić information content (AvgIpc) is 2.66. The molecule has 162 valence electrons. The van der Waals surface area contributed by atoms with Gasteiger partial charge in [0.1, 0.15) is 6.04 Å². The number of piperazine rings is 1. The van der Waals surface area contributed by atoms with E-state index in [9.17, 15) is 18.0 Å². The minimum absolute atomic E-state index is 0.142. The molecule has 0 radical (unpaired) electrons. The molecule has 9 heteroatoms. The number of sulfonamides is 1. The molecule has 0 bridgehead atoms. The Morgan fingerprint density at radius 1 is 1.14 bits per heavy atom. The van der Waals surface area contributed by atoms with Gasteiger partial charge in [0, 0.05) is 32.7 Å². The lowest BCUT2D eigenvalue weighted by atomic mass is 10.2. The molecular weight excluding hydrogens is 392 g/mol. The summed E-state index contributed by atoms with van der Waals surface area (Å²) in [6.45, 7) is 9.66.